The van der Waals surface area contributed by atoms with Crippen LogP contribution in [0.5, 0.6) is 0 Å². The Bertz CT molecular complexity index is 1430. The first kappa shape index (κ1) is 31.9. The zero-order chi connectivity index (χ0) is 29.8. The summed E-state index contributed by atoms with van der Waals surface area (Å²) < 4.78 is 29.4. The monoisotopic (exact) mass is 575 g/mol. The summed E-state index contributed by atoms with van der Waals surface area (Å²) in [4.78, 5) is 9.12. The quantitative estimate of drug-likeness (QED) is 0.156. The zero-order valence-electron chi connectivity index (χ0n) is 24.4. The standard InChI is InChI=1S/C33H42FN5OS/c1-7-8-11-28(25(2)3)23-36-22-27-10-9-20-39(24-27)41(6,40)31-15-12-29(13-16-31)37-19-18-33(35-5)38-30-14-17-32(34)26(4)21-30/h7-8,11-19,21,27,36,38H,1,5-6,9-10,20,22-24H2,2-4H3/b11-8-,33-18+,37-19?. The number of aliphatic imine (C=N–C) groups is 2. The number of allylic oxidation sites excluding steroid dienone is 4. The second-order valence-electron chi connectivity index (χ2n) is 10.4. The van der Waals surface area contributed by atoms with Gasteiger partial charge in [0.1, 0.15) is 11.6 Å². The Morgan fingerprint density at radius 2 is 1.98 bits per heavy atom. The molecule has 1 saturated heterocycles. The molecule has 2 N–H and O–H groups in total. The van der Waals surface area contributed by atoms with Crippen LogP contribution < -0.4 is 10.6 Å². The summed E-state index contributed by atoms with van der Waals surface area (Å²) in [6.45, 7) is 16.4. The van der Waals surface area contributed by atoms with Gasteiger partial charge < -0.3 is 10.6 Å². The van der Waals surface area contributed by atoms with E-state index in [1.807, 2.05) is 34.6 Å². The van der Waals surface area contributed by atoms with E-state index in [1.165, 1.54) is 17.2 Å². The lowest BCUT2D eigenvalue weighted by atomic mass is 9.99. The smallest absolute Gasteiger partial charge is 0.131 e. The third-order valence-electron chi connectivity index (χ3n) is 6.98. The maximum Gasteiger partial charge on any atom is 0.131 e. The number of benzene rings is 2. The molecule has 1 aliphatic rings. The average molecular weight is 576 g/mol. The number of nitrogens with zero attached hydrogens (tertiary/aromatic N) is 3. The lowest BCUT2D eigenvalue weighted by Gasteiger charge is -2.35. The van der Waals surface area contributed by atoms with Crippen LogP contribution in [0.3, 0.4) is 0 Å². The Morgan fingerprint density at radius 3 is 2.63 bits per heavy atom. The van der Waals surface area contributed by atoms with Crippen molar-refractivity contribution in [3.05, 3.63) is 102 Å². The lowest BCUT2D eigenvalue weighted by molar-refractivity contribution is 0.270. The molecule has 0 aliphatic carbocycles. The van der Waals surface area contributed by atoms with E-state index in [1.54, 1.807) is 37.4 Å². The molecule has 1 fully saturated rings. The summed E-state index contributed by atoms with van der Waals surface area (Å²) in [7, 11) is -2.61. The topological polar surface area (TPSA) is 69.1 Å². The van der Waals surface area contributed by atoms with Gasteiger partial charge in [-0.2, -0.15) is 0 Å². The molecule has 218 valence electrons. The second kappa shape index (κ2) is 15.4. The molecule has 0 aromatic heterocycles. The molecule has 0 radical (unpaired) electrons. The van der Waals surface area contributed by atoms with E-state index < -0.39 is 9.71 Å². The highest BCUT2D eigenvalue weighted by molar-refractivity contribution is 7.98. The van der Waals surface area contributed by atoms with Gasteiger partial charge in [-0.05, 0) is 118 Å². The van der Waals surface area contributed by atoms with Gasteiger partial charge in [0, 0.05) is 36.4 Å². The molecule has 0 amide bonds. The van der Waals surface area contributed by atoms with Gasteiger partial charge in [0.05, 0.1) is 15.4 Å². The van der Waals surface area contributed by atoms with Crippen LogP contribution in [0.25, 0.3) is 0 Å². The number of hydrogen-bond donors (Lipinski definition) is 2. The van der Waals surface area contributed by atoms with Crippen LogP contribution in [0.1, 0.15) is 32.3 Å². The highest BCUT2D eigenvalue weighted by atomic mass is 32.2. The third-order valence-corrected chi connectivity index (χ3v) is 9.16. The Balaban J connectivity index is 1.59. The third kappa shape index (κ3) is 9.49. The van der Waals surface area contributed by atoms with Gasteiger partial charge in [0.15, 0.2) is 0 Å². The van der Waals surface area contributed by atoms with Crippen LogP contribution in [0.15, 0.2) is 105 Å². The Hall–Kier alpha value is -3.59. The molecular formula is C33H42FN5OS. The number of halogens is 1. The van der Waals surface area contributed by atoms with Gasteiger partial charge in [-0.15, -0.1) is 0 Å². The maximum absolute atomic E-state index is 13.8. The minimum atomic E-state index is -2.61. The predicted molar refractivity (Wildman–Crippen MR) is 175 cm³/mol. The van der Waals surface area contributed by atoms with Crippen molar-refractivity contribution in [2.45, 2.75) is 38.5 Å². The lowest BCUT2D eigenvalue weighted by Crippen LogP contribution is -2.42. The van der Waals surface area contributed by atoms with Crippen molar-refractivity contribution in [2.24, 2.45) is 15.9 Å². The predicted octanol–water partition coefficient (Wildman–Crippen LogP) is 6.86. The fraction of sp³-hybridized carbons (Fsp3) is 0.303. The molecule has 3 rings (SSSR count). The number of aryl methyl sites for hydroxylation is 1. The van der Waals surface area contributed by atoms with E-state index in [-0.39, 0.29) is 5.82 Å². The maximum atomic E-state index is 13.8. The molecule has 2 aromatic carbocycles. The van der Waals surface area contributed by atoms with E-state index in [4.69, 9.17) is 0 Å². The molecule has 6 nitrogen and oxygen atoms in total. The molecule has 8 heteroatoms. The van der Waals surface area contributed by atoms with E-state index in [2.05, 4.69) is 59.7 Å². The summed E-state index contributed by atoms with van der Waals surface area (Å²) in [5.74, 6) is 4.78. The number of anilines is 1. The van der Waals surface area contributed by atoms with Crippen molar-refractivity contribution in [2.75, 3.05) is 31.5 Å². The van der Waals surface area contributed by atoms with Crippen molar-refractivity contribution in [3.8, 4) is 0 Å². The summed E-state index contributed by atoms with van der Waals surface area (Å²) in [6.07, 6.45) is 11.2. The molecule has 1 heterocycles. The Kier molecular flexibility index (Phi) is 12.0. The second-order valence-corrected chi connectivity index (χ2v) is 12.6. The van der Waals surface area contributed by atoms with E-state index in [0.29, 0.717) is 33.6 Å². The first-order valence-electron chi connectivity index (χ1n) is 13.8. The van der Waals surface area contributed by atoms with Gasteiger partial charge in [-0.3, -0.25) is 4.99 Å². The number of rotatable bonds is 13. The fourth-order valence-electron chi connectivity index (χ4n) is 4.55. The highest BCUT2D eigenvalue weighted by Gasteiger charge is 2.26. The Labute approximate surface area is 245 Å². The highest BCUT2D eigenvalue weighted by Crippen LogP contribution is 2.25. The summed E-state index contributed by atoms with van der Waals surface area (Å²) in [6, 6.07) is 12.1. The molecule has 0 spiro atoms. The van der Waals surface area contributed by atoms with Crippen molar-refractivity contribution >= 4 is 39.9 Å². The molecule has 0 saturated carbocycles. The number of nitrogens with one attached hydrogen (secondary N) is 2. The largest absolute Gasteiger partial charge is 0.340 e. The average Bonchev–Trinajstić information content (AvgIpc) is 2.96. The van der Waals surface area contributed by atoms with Crippen molar-refractivity contribution in [1.29, 1.82) is 0 Å². The summed E-state index contributed by atoms with van der Waals surface area (Å²) in [5.41, 5.74) is 4.49. The van der Waals surface area contributed by atoms with Crippen molar-refractivity contribution in [3.63, 3.8) is 0 Å². The van der Waals surface area contributed by atoms with Crippen molar-refractivity contribution in [1.82, 2.24) is 9.62 Å². The molecular weight excluding hydrogens is 533 g/mol. The van der Waals surface area contributed by atoms with Gasteiger partial charge in [-0.25, -0.2) is 17.9 Å². The number of piperidine rings is 1. The molecule has 2 aromatic rings. The van der Waals surface area contributed by atoms with Gasteiger partial charge in [0.25, 0.3) is 0 Å². The van der Waals surface area contributed by atoms with Crippen LogP contribution in [-0.2, 0) is 9.71 Å². The first-order chi connectivity index (χ1) is 19.6. The van der Waals surface area contributed by atoms with E-state index >= 15 is 0 Å². The van der Waals surface area contributed by atoms with Crippen LogP contribution in [-0.4, -0.2) is 53.5 Å². The minimum absolute atomic E-state index is 0.262. The van der Waals surface area contributed by atoms with Crippen LogP contribution in [0, 0.1) is 18.7 Å². The SMILES string of the molecule is C=C/C=C\C(CNCC1CCCN(S(=C)(=O)c2ccc(N=C/C=C(\N=C)Nc3ccc(F)c(C)c3)cc2)C1)=C(C)C. The van der Waals surface area contributed by atoms with E-state index in [0.717, 1.165) is 39.0 Å². The molecule has 2 unspecified atom stereocenters. The molecule has 0 bridgehead atoms. The number of hydrogen-bond acceptors (Lipinski definition) is 5. The van der Waals surface area contributed by atoms with Crippen LogP contribution in [0.2, 0.25) is 0 Å². The first-order valence-corrected chi connectivity index (χ1v) is 15.4. The summed E-state index contributed by atoms with van der Waals surface area (Å²) >= 11 is 0. The zero-order valence-corrected chi connectivity index (χ0v) is 25.2. The Morgan fingerprint density at radius 1 is 1.22 bits per heavy atom. The summed E-state index contributed by atoms with van der Waals surface area (Å²) in [5, 5.41) is 6.67. The fourth-order valence-corrected chi connectivity index (χ4v) is 6.29. The molecule has 1 aliphatic heterocycles. The van der Waals surface area contributed by atoms with Gasteiger partial charge >= 0.3 is 0 Å². The van der Waals surface area contributed by atoms with Gasteiger partial charge in [-0.1, -0.05) is 30.4 Å². The van der Waals surface area contributed by atoms with Gasteiger partial charge in [0.2, 0.25) is 0 Å². The van der Waals surface area contributed by atoms with E-state index in [9.17, 15) is 8.60 Å². The van der Waals surface area contributed by atoms with Crippen LogP contribution in [0.4, 0.5) is 15.8 Å². The molecule has 2 atom stereocenters. The normalized spacial score (nSPS) is 17.9. The van der Waals surface area contributed by atoms with Crippen molar-refractivity contribution < 1.29 is 8.60 Å². The minimum Gasteiger partial charge on any atom is -0.340 e. The van der Waals surface area contributed by atoms with Crippen LogP contribution >= 0.6 is 0 Å². The molecule has 41 heavy (non-hydrogen) atoms.